The van der Waals surface area contributed by atoms with E-state index in [1.54, 1.807) is 24.3 Å². The highest BCUT2D eigenvalue weighted by Gasteiger charge is 2.24. The summed E-state index contributed by atoms with van der Waals surface area (Å²) in [6.45, 7) is 15.2. The molecule has 0 saturated heterocycles. The van der Waals surface area contributed by atoms with Crippen molar-refractivity contribution in [2.75, 3.05) is 0 Å². The van der Waals surface area contributed by atoms with Gasteiger partial charge >= 0.3 is 0 Å². The number of phenolic OH excluding ortho intramolecular Hbond substituents is 2. The zero-order valence-electron chi connectivity index (χ0n) is 19.6. The van der Waals surface area contributed by atoms with E-state index in [4.69, 9.17) is 18.9 Å². The first-order valence-corrected chi connectivity index (χ1v) is 11.4. The van der Waals surface area contributed by atoms with E-state index >= 15 is 0 Å². The van der Waals surface area contributed by atoms with Crippen LogP contribution in [0.5, 0.6) is 34.5 Å². The second-order valence-electron chi connectivity index (χ2n) is 8.25. The Bertz CT molecular complexity index is 805. The number of rotatable bonds is 10. The predicted octanol–water partition coefficient (Wildman–Crippen LogP) is 6.40. The molecule has 6 nitrogen and oxygen atoms in total. The summed E-state index contributed by atoms with van der Waals surface area (Å²) in [6.07, 6.45) is -0.524. The van der Waals surface area contributed by atoms with E-state index < -0.39 is 0 Å². The Balaban J connectivity index is 2.61. The minimum absolute atomic E-state index is 0.0156. The molecular formula is C24H34O6S. The number of hydrogen-bond donors (Lipinski definition) is 2. The molecule has 0 bridgehead atoms. The first-order valence-electron chi connectivity index (χ1n) is 10.6. The van der Waals surface area contributed by atoms with E-state index in [-0.39, 0.29) is 35.9 Å². The molecule has 31 heavy (non-hydrogen) atoms. The molecule has 2 aromatic carbocycles. The highest BCUT2D eigenvalue weighted by molar-refractivity contribution is 7.99. The molecular weight excluding hydrogens is 416 g/mol. The average molecular weight is 451 g/mol. The Labute approximate surface area is 189 Å². The van der Waals surface area contributed by atoms with Crippen LogP contribution < -0.4 is 18.9 Å². The average Bonchev–Trinajstić information content (AvgIpc) is 2.64. The van der Waals surface area contributed by atoms with Crippen LogP contribution in [-0.4, -0.2) is 34.6 Å². The summed E-state index contributed by atoms with van der Waals surface area (Å²) in [7, 11) is 0. The van der Waals surface area contributed by atoms with Crippen LogP contribution in [-0.2, 0) is 0 Å². The van der Waals surface area contributed by atoms with Crippen LogP contribution in [0.25, 0.3) is 0 Å². The maximum atomic E-state index is 10.4. The van der Waals surface area contributed by atoms with E-state index in [0.717, 1.165) is 9.79 Å². The van der Waals surface area contributed by atoms with Crippen molar-refractivity contribution >= 4 is 11.8 Å². The van der Waals surface area contributed by atoms with Gasteiger partial charge in [0.05, 0.1) is 34.2 Å². The second kappa shape index (κ2) is 10.8. The fraction of sp³-hybridized carbons (Fsp3) is 0.500. The van der Waals surface area contributed by atoms with Crippen LogP contribution in [0.3, 0.4) is 0 Å². The second-order valence-corrected chi connectivity index (χ2v) is 9.33. The van der Waals surface area contributed by atoms with Gasteiger partial charge in [-0.1, -0.05) is 11.8 Å². The lowest BCUT2D eigenvalue weighted by atomic mass is 10.2. The highest BCUT2D eigenvalue weighted by atomic mass is 32.2. The van der Waals surface area contributed by atoms with Gasteiger partial charge in [0.25, 0.3) is 0 Å². The Hall–Kier alpha value is -2.41. The fourth-order valence-corrected chi connectivity index (χ4v) is 3.72. The number of aromatic hydroxyl groups is 2. The van der Waals surface area contributed by atoms with E-state index in [9.17, 15) is 10.2 Å². The summed E-state index contributed by atoms with van der Waals surface area (Å²) in [5, 5.41) is 20.8. The molecule has 0 unspecified atom stereocenters. The lowest BCUT2D eigenvalue weighted by molar-refractivity contribution is 0.187. The lowest BCUT2D eigenvalue weighted by Gasteiger charge is -2.23. The Morgan fingerprint density at radius 3 is 1.10 bits per heavy atom. The van der Waals surface area contributed by atoms with Gasteiger partial charge in [-0.05, 0) is 79.7 Å². The maximum absolute atomic E-state index is 10.4. The van der Waals surface area contributed by atoms with E-state index in [1.165, 1.54) is 11.8 Å². The fourth-order valence-electron chi connectivity index (χ4n) is 2.74. The molecule has 0 amide bonds. The quantitative estimate of drug-likeness (QED) is 0.434. The zero-order chi connectivity index (χ0) is 23.3. The summed E-state index contributed by atoms with van der Waals surface area (Å²) in [4.78, 5) is 1.49. The Morgan fingerprint density at radius 2 is 0.806 bits per heavy atom. The first kappa shape index (κ1) is 24.9. The van der Waals surface area contributed by atoms with Crippen molar-refractivity contribution in [2.45, 2.75) is 89.6 Å². The summed E-state index contributed by atoms with van der Waals surface area (Å²) in [5.41, 5.74) is 0. The van der Waals surface area contributed by atoms with Crippen LogP contribution in [0.15, 0.2) is 34.1 Å². The van der Waals surface area contributed by atoms with Gasteiger partial charge in [-0.2, -0.15) is 0 Å². The summed E-state index contributed by atoms with van der Waals surface area (Å²) < 4.78 is 23.8. The molecule has 0 aliphatic carbocycles. The monoisotopic (exact) mass is 450 g/mol. The molecule has 0 radical (unpaired) electrons. The Kier molecular flexibility index (Phi) is 8.62. The zero-order valence-corrected chi connectivity index (χ0v) is 20.4. The van der Waals surface area contributed by atoms with Crippen LogP contribution in [0.2, 0.25) is 0 Å². The molecule has 0 saturated carbocycles. The molecule has 7 heteroatoms. The molecule has 2 rings (SSSR count). The lowest BCUT2D eigenvalue weighted by Crippen LogP contribution is -2.12. The third kappa shape index (κ3) is 6.79. The van der Waals surface area contributed by atoms with Crippen molar-refractivity contribution in [1.29, 1.82) is 0 Å². The molecule has 0 spiro atoms. The molecule has 0 aliphatic rings. The van der Waals surface area contributed by atoms with Crippen molar-refractivity contribution in [3.63, 3.8) is 0 Å². The van der Waals surface area contributed by atoms with Crippen molar-refractivity contribution in [2.24, 2.45) is 0 Å². The number of phenols is 2. The normalized spacial score (nSPS) is 11.5. The molecule has 2 aromatic rings. The van der Waals surface area contributed by atoms with Crippen LogP contribution in [0.4, 0.5) is 0 Å². The minimum Gasteiger partial charge on any atom is -0.504 e. The molecule has 0 fully saturated rings. The van der Waals surface area contributed by atoms with Gasteiger partial charge in [0.1, 0.15) is 0 Å². The van der Waals surface area contributed by atoms with E-state index in [2.05, 4.69) is 0 Å². The topological polar surface area (TPSA) is 77.4 Å². The van der Waals surface area contributed by atoms with Gasteiger partial charge in [-0.3, -0.25) is 0 Å². The van der Waals surface area contributed by atoms with Crippen molar-refractivity contribution < 1.29 is 29.2 Å². The SMILES string of the molecule is CC(C)Oc1c(O)ccc(Sc2ccc(O)c(OC(C)C)c2OC(C)C)c1OC(C)C. The number of ether oxygens (including phenoxy) is 4. The number of hydrogen-bond acceptors (Lipinski definition) is 7. The minimum atomic E-state index is -0.139. The third-order valence-electron chi connectivity index (χ3n) is 3.74. The third-order valence-corrected chi connectivity index (χ3v) is 4.83. The standard InChI is InChI=1S/C24H34O6S/c1-13(2)27-21-17(25)9-11-19(23(21)29-15(5)6)31-20-12-10-18(26)22(28-14(3)4)24(20)30-16(7)8/h9-16,25-26H,1-8H3. The van der Waals surface area contributed by atoms with Crippen molar-refractivity contribution in [3.05, 3.63) is 24.3 Å². The van der Waals surface area contributed by atoms with Gasteiger partial charge in [-0.25, -0.2) is 0 Å². The van der Waals surface area contributed by atoms with Gasteiger partial charge < -0.3 is 29.2 Å². The van der Waals surface area contributed by atoms with Crippen LogP contribution >= 0.6 is 11.8 Å². The largest absolute Gasteiger partial charge is 0.504 e. The number of benzene rings is 2. The summed E-state index contributed by atoms with van der Waals surface area (Å²) >= 11 is 1.39. The predicted molar refractivity (Wildman–Crippen MR) is 123 cm³/mol. The molecule has 2 N–H and O–H groups in total. The summed E-state index contributed by atoms with van der Waals surface area (Å²) in [6, 6.07) is 6.73. The maximum Gasteiger partial charge on any atom is 0.204 e. The molecule has 172 valence electrons. The molecule has 0 heterocycles. The van der Waals surface area contributed by atoms with Crippen LogP contribution in [0.1, 0.15) is 55.4 Å². The van der Waals surface area contributed by atoms with E-state index in [0.29, 0.717) is 23.0 Å². The smallest absolute Gasteiger partial charge is 0.204 e. The molecule has 0 aliphatic heterocycles. The highest BCUT2D eigenvalue weighted by Crippen LogP contribution is 2.51. The summed E-state index contributed by atoms with van der Waals surface area (Å²) in [5.74, 6) is 1.56. The molecule has 0 aromatic heterocycles. The van der Waals surface area contributed by atoms with Crippen molar-refractivity contribution in [3.8, 4) is 34.5 Å². The molecule has 0 atom stereocenters. The van der Waals surface area contributed by atoms with Gasteiger partial charge in [0.2, 0.25) is 11.5 Å². The Morgan fingerprint density at radius 1 is 0.516 bits per heavy atom. The van der Waals surface area contributed by atoms with Gasteiger partial charge in [0.15, 0.2) is 23.0 Å². The van der Waals surface area contributed by atoms with Gasteiger partial charge in [0, 0.05) is 0 Å². The van der Waals surface area contributed by atoms with Gasteiger partial charge in [-0.15, -0.1) is 0 Å². The van der Waals surface area contributed by atoms with Crippen LogP contribution in [0, 0.1) is 0 Å². The van der Waals surface area contributed by atoms with Crippen molar-refractivity contribution in [1.82, 2.24) is 0 Å². The first-order chi connectivity index (χ1) is 14.5. The van der Waals surface area contributed by atoms with E-state index in [1.807, 2.05) is 55.4 Å².